The van der Waals surface area contributed by atoms with Gasteiger partial charge in [-0.05, 0) is 32.4 Å². The number of hydrogen-bond donors (Lipinski definition) is 1. The zero-order valence-corrected chi connectivity index (χ0v) is 19.0. The van der Waals surface area contributed by atoms with Gasteiger partial charge < -0.3 is 29.4 Å². The summed E-state index contributed by atoms with van der Waals surface area (Å²) in [7, 11) is 0. The van der Waals surface area contributed by atoms with Crippen molar-refractivity contribution in [3.63, 3.8) is 0 Å². The van der Waals surface area contributed by atoms with Crippen LogP contribution in [0.2, 0.25) is 0 Å². The molecule has 2 aromatic rings. The molecule has 11 nitrogen and oxygen atoms in total. The van der Waals surface area contributed by atoms with Crippen LogP contribution in [0.5, 0.6) is 0 Å². The van der Waals surface area contributed by atoms with Gasteiger partial charge in [0.1, 0.15) is 42.8 Å². The van der Waals surface area contributed by atoms with Gasteiger partial charge in [-0.2, -0.15) is 10.4 Å². The number of nitrogens with two attached hydrogens (primary N) is 1. The molecular formula is C22H29N5O6. The number of hydrogen-bond acceptors (Lipinski definition) is 10. The van der Waals surface area contributed by atoms with Crippen molar-refractivity contribution < 1.29 is 28.5 Å². The second kappa shape index (κ2) is 9.13. The molecule has 0 radical (unpaired) electrons. The van der Waals surface area contributed by atoms with Gasteiger partial charge in [0.25, 0.3) is 0 Å². The largest absolute Gasteiger partial charge is 0.508 e. The number of anilines is 1. The summed E-state index contributed by atoms with van der Waals surface area (Å²) in [6, 6.07) is 5.70. The number of carbonyl (C=O) groups excluding carboxylic acids is 1. The molecule has 4 rings (SSSR count). The predicted molar refractivity (Wildman–Crippen MR) is 115 cm³/mol. The van der Waals surface area contributed by atoms with E-state index in [1.807, 2.05) is 0 Å². The van der Waals surface area contributed by atoms with Crippen molar-refractivity contribution in [1.82, 2.24) is 14.6 Å². The first-order valence-electron chi connectivity index (χ1n) is 11.1. The Bertz CT molecular complexity index is 1050. The molecule has 0 aliphatic carbocycles. The molecule has 4 atom stereocenters. The second-order valence-electron chi connectivity index (χ2n) is 8.71. The van der Waals surface area contributed by atoms with Gasteiger partial charge in [0.2, 0.25) is 5.60 Å². The van der Waals surface area contributed by atoms with Crippen LogP contribution in [-0.4, -0.2) is 57.6 Å². The van der Waals surface area contributed by atoms with Crippen molar-refractivity contribution >= 4 is 17.5 Å². The van der Waals surface area contributed by atoms with E-state index < -0.39 is 35.9 Å². The number of nitriles is 1. The van der Waals surface area contributed by atoms with Crippen LogP contribution in [-0.2, 0) is 23.7 Å². The van der Waals surface area contributed by atoms with Gasteiger partial charge in [-0.1, -0.05) is 26.2 Å². The summed E-state index contributed by atoms with van der Waals surface area (Å²) in [4.78, 5) is 16.1. The molecule has 2 unspecified atom stereocenters. The van der Waals surface area contributed by atoms with Gasteiger partial charge >= 0.3 is 6.16 Å². The molecule has 2 aliphatic heterocycles. The van der Waals surface area contributed by atoms with Gasteiger partial charge in [-0.25, -0.2) is 14.3 Å². The highest BCUT2D eigenvalue weighted by atomic mass is 16.8. The van der Waals surface area contributed by atoms with Crippen LogP contribution >= 0.6 is 0 Å². The Morgan fingerprint density at radius 1 is 1.24 bits per heavy atom. The topological polar surface area (TPSA) is 143 Å². The lowest BCUT2D eigenvalue weighted by atomic mass is 9.96. The first kappa shape index (κ1) is 23.2. The number of unbranched alkanes of at least 4 members (excludes halogenated alkanes) is 3. The third-order valence-corrected chi connectivity index (χ3v) is 5.84. The fraction of sp³-hybridized carbons (Fsp3) is 0.636. The molecule has 2 aromatic heterocycles. The van der Waals surface area contributed by atoms with Gasteiger partial charge in [0, 0.05) is 0 Å². The number of ether oxygens (including phenoxy) is 5. The lowest BCUT2D eigenvalue weighted by molar-refractivity contribution is -0.205. The van der Waals surface area contributed by atoms with Crippen molar-refractivity contribution in [3.05, 3.63) is 24.2 Å². The molecule has 0 saturated carbocycles. The monoisotopic (exact) mass is 459 g/mol. The average molecular weight is 460 g/mol. The number of fused-ring (bicyclic) bond motifs is 2. The third-order valence-electron chi connectivity index (χ3n) is 5.84. The maximum atomic E-state index is 12.1. The molecule has 0 amide bonds. The number of nitrogens with zero attached hydrogens (tertiary/aromatic N) is 4. The molecule has 0 aromatic carbocycles. The van der Waals surface area contributed by atoms with Crippen molar-refractivity contribution in [1.29, 1.82) is 5.26 Å². The molecular weight excluding hydrogens is 430 g/mol. The van der Waals surface area contributed by atoms with Gasteiger partial charge in [-0.15, -0.1) is 0 Å². The van der Waals surface area contributed by atoms with E-state index in [1.54, 1.807) is 30.5 Å². The number of aromatic nitrogens is 3. The second-order valence-corrected chi connectivity index (χ2v) is 8.71. The minimum atomic E-state index is -1.59. The first-order valence-corrected chi connectivity index (χ1v) is 11.1. The minimum Gasteiger partial charge on any atom is -0.434 e. The third kappa shape index (κ3) is 4.46. The number of nitrogen functional groups attached to an aromatic ring is 1. The highest BCUT2D eigenvalue weighted by Gasteiger charge is 2.65. The molecule has 0 spiro atoms. The van der Waals surface area contributed by atoms with Crippen molar-refractivity contribution in [2.75, 3.05) is 18.9 Å². The van der Waals surface area contributed by atoms with Crippen LogP contribution < -0.4 is 5.73 Å². The Morgan fingerprint density at radius 3 is 2.82 bits per heavy atom. The lowest BCUT2D eigenvalue weighted by Gasteiger charge is -2.28. The van der Waals surface area contributed by atoms with E-state index in [0.717, 1.165) is 25.7 Å². The maximum absolute atomic E-state index is 12.1. The zero-order chi connectivity index (χ0) is 23.6. The number of rotatable bonds is 8. The van der Waals surface area contributed by atoms with E-state index in [2.05, 4.69) is 23.1 Å². The summed E-state index contributed by atoms with van der Waals surface area (Å²) >= 11 is 0. The van der Waals surface area contributed by atoms with Gasteiger partial charge in [0.05, 0.1) is 12.3 Å². The highest BCUT2D eigenvalue weighted by molar-refractivity contribution is 5.65. The van der Waals surface area contributed by atoms with E-state index in [9.17, 15) is 10.1 Å². The van der Waals surface area contributed by atoms with Crippen LogP contribution in [0.1, 0.15) is 58.3 Å². The summed E-state index contributed by atoms with van der Waals surface area (Å²) in [5.74, 6) is -0.647. The fourth-order valence-electron chi connectivity index (χ4n) is 4.28. The molecule has 2 fully saturated rings. The Hall–Kier alpha value is -2.94. The molecule has 0 bridgehead atoms. The average Bonchev–Trinajstić information content (AvgIpc) is 3.43. The Morgan fingerprint density at radius 2 is 2.06 bits per heavy atom. The van der Waals surface area contributed by atoms with E-state index in [-0.39, 0.29) is 13.2 Å². The molecule has 2 aliphatic rings. The molecule has 33 heavy (non-hydrogen) atoms. The van der Waals surface area contributed by atoms with Crippen molar-refractivity contribution in [3.8, 4) is 6.07 Å². The summed E-state index contributed by atoms with van der Waals surface area (Å²) in [5.41, 5.74) is 5.58. The Labute approximate surface area is 191 Å². The molecule has 4 heterocycles. The van der Waals surface area contributed by atoms with Crippen LogP contribution in [0.4, 0.5) is 10.6 Å². The number of carbonyl (C=O) groups is 1. The van der Waals surface area contributed by atoms with Crippen LogP contribution in [0.25, 0.3) is 5.52 Å². The zero-order valence-electron chi connectivity index (χ0n) is 19.0. The molecule has 178 valence electrons. The summed E-state index contributed by atoms with van der Waals surface area (Å²) in [6.45, 7) is 5.51. The van der Waals surface area contributed by atoms with Gasteiger partial charge in [0.15, 0.2) is 11.6 Å². The van der Waals surface area contributed by atoms with Crippen molar-refractivity contribution in [2.45, 2.75) is 76.2 Å². The fourth-order valence-corrected chi connectivity index (χ4v) is 4.28. The SMILES string of the molecule is CCCCCCOC(=O)OC[C@@]1(C#N)O[C@@H](c2ccc3c(N)ncnn23)C2OC(C)(C)OC21. The van der Waals surface area contributed by atoms with Crippen LogP contribution in [0, 0.1) is 11.3 Å². The predicted octanol–water partition coefficient (Wildman–Crippen LogP) is 2.90. The van der Waals surface area contributed by atoms with E-state index >= 15 is 0 Å². The summed E-state index contributed by atoms with van der Waals surface area (Å²) < 4.78 is 30.3. The summed E-state index contributed by atoms with van der Waals surface area (Å²) in [5, 5.41) is 14.4. The maximum Gasteiger partial charge on any atom is 0.508 e. The van der Waals surface area contributed by atoms with Crippen LogP contribution in [0.15, 0.2) is 18.5 Å². The van der Waals surface area contributed by atoms with Crippen LogP contribution in [0.3, 0.4) is 0 Å². The van der Waals surface area contributed by atoms with E-state index in [4.69, 9.17) is 29.4 Å². The Kier molecular flexibility index (Phi) is 6.43. The van der Waals surface area contributed by atoms with Gasteiger partial charge in [-0.3, -0.25) is 0 Å². The first-order chi connectivity index (χ1) is 15.8. The molecule has 2 saturated heterocycles. The normalized spacial score (nSPS) is 27.9. The van der Waals surface area contributed by atoms with E-state index in [1.165, 1.54) is 6.33 Å². The quantitative estimate of drug-likeness (QED) is 0.462. The lowest BCUT2D eigenvalue weighted by Crippen LogP contribution is -2.46. The smallest absolute Gasteiger partial charge is 0.434 e. The molecule has 2 N–H and O–H groups in total. The summed E-state index contributed by atoms with van der Waals surface area (Å²) in [6.07, 6.45) is 2.22. The minimum absolute atomic E-state index is 0.262. The van der Waals surface area contributed by atoms with Crippen molar-refractivity contribution in [2.24, 2.45) is 0 Å². The standard InChI is InChI=1S/C22H29N5O6/c1-4-5-6-7-10-29-20(28)30-12-22(11-23)18-17(31-21(2,3)33-18)16(32-22)14-8-9-15-19(24)25-13-26-27(14)15/h8-9,13,16-18H,4-7,10,12H2,1-3H3,(H2,24,25,26)/t16-,17?,18?,22+/m0/s1. The molecule has 11 heteroatoms. The Balaban J connectivity index is 1.53. The van der Waals surface area contributed by atoms with E-state index in [0.29, 0.717) is 17.0 Å². The highest BCUT2D eigenvalue weighted by Crippen LogP contribution is 2.50.